The van der Waals surface area contributed by atoms with Gasteiger partial charge in [-0.05, 0) is 39.7 Å². The molecule has 0 saturated carbocycles. The fourth-order valence-electron chi connectivity index (χ4n) is 3.20. The van der Waals surface area contributed by atoms with Gasteiger partial charge in [-0.2, -0.15) is 5.10 Å². The van der Waals surface area contributed by atoms with Crippen molar-refractivity contribution < 1.29 is 9.72 Å². The van der Waals surface area contributed by atoms with Crippen molar-refractivity contribution in [2.75, 3.05) is 0 Å². The van der Waals surface area contributed by atoms with E-state index in [-0.39, 0.29) is 16.3 Å². The third-order valence-electron chi connectivity index (χ3n) is 4.58. The van der Waals surface area contributed by atoms with Crippen LogP contribution in [0.3, 0.4) is 0 Å². The number of benzene rings is 4. The van der Waals surface area contributed by atoms with Crippen molar-refractivity contribution in [3.05, 3.63) is 99.1 Å². The summed E-state index contributed by atoms with van der Waals surface area (Å²) >= 11 is 5.79. The molecule has 0 aromatic heterocycles. The van der Waals surface area contributed by atoms with Gasteiger partial charge in [0.05, 0.1) is 11.1 Å². The van der Waals surface area contributed by atoms with E-state index in [1.54, 1.807) is 6.21 Å². The average Bonchev–Trinajstić information content (AvgIpc) is 2.73. The molecule has 1 amide bonds. The van der Waals surface area contributed by atoms with Crippen LogP contribution in [0.4, 0.5) is 5.69 Å². The molecule has 142 valence electrons. The zero-order valence-electron chi connectivity index (χ0n) is 15.0. The van der Waals surface area contributed by atoms with Crippen LogP contribution in [0.15, 0.2) is 77.9 Å². The van der Waals surface area contributed by atoms with Crippen LogP contribution >= 0.6 is 11.6 Å². The molecule has 7 heteroatoms. The fraction of sp³-hybridized carbons (Fsp3) is 0. The van der Waals surface area contributed by atoms with Gasteiger partial charge in [-0.3, -0.25) is 14.9 Å². The second-order valence-corrected chi connectivity index (χ2v) is 6.76. The van der Waals surface area contributed by atoms with Crippen molar-refractivity contribution in [3.8, 4) is 0 Å². The Hall–Kier alpha value is -3.77. The Morgan fingerprint density at radius 3 is 2.21 bits per heavy atom. The SMILES string of the molecule is O=C(NN=Cc1c2ccccc2cc2ccccc12)c1ccc(Cl)c([N+](=O)[O-])c1. The number of carbonyl (C=O) groups excluding carboxylic acids is 1. The van der Waals surface area contributed by atoms with Crippen molar-refractivity contribution in [3.63, 3.8) is 0 Å². The molecule has 0 unspecified atom stereocenters. The predicted molar refractivity (Wildman–Crippen MR) is 115 cm³/mol. The van der Waals surface area contributed by atoms with Gasteiger partial charge in [0.15, 0.2) is 0 Å². The van der Waals surface area contributed by atoms with Crippen LogP contribution < -0.4 is 5.43 Å². The number of hydrazone groups is 1. The van der Waals surface area contributed by atoms with Crippen LogP contribution in [-0.4, -0.2) is 17.0 Å². The quantitative estimate of drug-likeness (QED) is 0.216. The number of amides is 1. The number of halogens is 1. The third kappa shape index (κ3) is 3.66. The van der Waals surface area contributed by atoms with Gasteiger partial charge < -0.3 is 0 Å². The van der Waals surface area contributed by atoms with Gasteiger partial charge in [0.1, 0.15) is 5.02 Å². The Morgan fingerprint density at radius 1 is 0.966 bits per heavy atom. The Balaban J connectivity index is 1.67. The van der Waals surface area contributed by atoms with Crippen LogP contribution in [0.5, 0.6) is 0 Å². The minimum Gasteiger partial charge on any atom is -0.267 e. The van der Waals surface area contributed by atoms with Crippen molar-refractivity contribution in [2.45, 2.75) is 0 Å². The van der Waals surface area contributed by atoms with E-state index in [0.29, 0.717) is 0 Å². The lowest BCUT2D eigenvalue weighted by atomic mass is 9.97. The van der Waals surface area contributed by atoms with Gasteiger partial charge >= 0.3 is 0 Å². The zero-order chi connectivity index (χ0) is 20.4. The lowest BCUT2D eigenvalue weighted by molar-refractivity contribution is -0.384. The zero-order valence-corrected chi connectivity index (χ0v) is 15.8. The van der Waals surface area contributed by atoms with Crippen molar-refractivity contribution >= 4 is 51.0 Å². The molecule has 0 aliphatic carbocycles. The molecule has 4 rings (SSSR count). The lowest BCUT2D eigenvalue weighted by Gasteiger charge is -2.08. The molecular weight excluding hydrogens is 390 g/mol. The standard InChI is InChI=1S/C22H14ClN3O3/c23-20-10-9-16(12-21(20)26(28)29)22(27)25-24-13-19-17-7-3-1-5-14(17)11-15-6-2-4-8-18(15)19/h1-13H,(H,25,27). The van der Waals surface area contributed by atoms with Crippen LogP contribution in [0, 0.1) is 10.1 Å². The smallest absolute Gasteiger partial charge is 0.267 e. The largest absolute Gasteiger partial charge is 0.288 e. The summed E-state index contributed by atoms with van der Waals surface area (Å²) in [6.07, 6.45) is 1.59. The van der Waals surface area contributed by atoms with Crippen LogP contribution in [0.2, 0.25) is 5.02 Å². The molecule has 0 aliphatic rings. The monoisotopic (exact) mass is 403 g/mol. The summed E-state index contributed by atoms with van der Waals surface area (Å²) in [5, 5.41) is 19.2. The Kier molecular flexibility index (Phi) is 4.93. The molecule has 0 aliphatic heterocycles. The van der Waals surface area contributed by atoms with Crippen molar-refractivity contribution in [2.24, 2.45) is 5.10 Å². The first-order valence-electron chi connectivity index (χ1n) is 8.72. The number of nitrogens with zero attached hydrogens (tertiary/aromatic N) is 2. The van der Waals surface area contributed by atoms with Crippen LogP contribution in [0.1, 0.15) is 15.9 Å². The highest BCUT2D eigenvalue weighted by Gasteiger charge is 2.16. The lowest BCUT2D eigenvalue weighted by Crippen LogP contribution is -2.17. The summed E-state index contributed by atoms with van der Waals surface area (Å²) in [4.78, 5) is 22.7. The van der Waals surface area contributed by atoms with Crippen LogP contribution in [0.25, 0.3) is 21.5 Å². The topological polar surface area (TPSA) is 84.6 Å². The fourth-order valence-corrected chi connectivity index (χ4v) is 3.39. The molecule has 0 fully saturated rings. The first-order chi connectivity index (χ1) is 14.0. The average molecular weight is 404 g/mol. The second-order valence-electron chi connectivity index (χ2n) is 6.35. The number of fused-ring (bicyclic) bond motifs is 2. The van der Waals surface area contributed by atoms with E-state index in [0.717, 1.165) is 33.2 Å². The maximum absolute atomic E-state index is 12.4. The van der Waals surface area contributed by atoms with Gasteiger partial charge in [0, 0.05) is 17.2 Å². The minimum absolute atomic E-state index is 0.0303. The summed E-state index contributed by atoms with van der Waals surface area (Å²) in [6.45, 7) is 0. The van der Waals surface area contributed by atoms with Crippen molar-refractivity contribution in [1.29, 1.82) is 0 Å². The molecule has 0 atom stereocenters. The number of nitrogens with one attached hydrogen (secondary N) is 1. The van der Waals surface area contributed by atoms with Gasteiger partial charge in [-0.15, -0.1) is 0 Å². The summed E-state index contributed by atoms with van der Waals surface area (Å²) < 4.78 is 0. The van der Waals surface area contributed by atoms with E-state index in [1.165, 1.54) is 12.1 Å². The minimum atomic E-state index is -0.634. The van der Waals surface area contributed by atoms with E-state index >= 15 is 0 Å². The van der Waals surface area contributed by atoms with E-state index in [1.807, 2.05) is 48.5 Å². The number of nitro benzene ring substituents is 1. The number of carbonyl (C=O) groups is 1. The molecule has 0 spiro atoms. The van der Waals surface area contributed by atoms with E-state index in [4.69, 9.17) is 11.6 Å². The number of hydrogen-bond donors (Lipinski definition) is 1. The highest BCUT2D eigenvalue weighted by atomic mass is 35.5. The van der Waals surface area contributed by atoms with Gasteiger partial charge in [-0.1, -0.05) is 60.1 Å². The number of nitro groups is 1. The first-order valence-corrected chi connectivity index (χ1v) is 9.10. The maximum Gasteiger partial charge on any atom is 0.288 e. The highest BCUT2D eigenvalue weighted by molar-refractivity contribution is 6.32. The summed E-state index contributed by atoms with van der Waals surface area (Å²) in [5.41, 5.74) is 3.07. The van der Waals surface area contributed by atoms with Gasteiger partial charge in [0.25, 0.3) is 11.6 Å². The normalized spacial score (nSPS) is 11.2. The van der Waals surface area contributed by atoms with Crippen molar-refractivity contribution in [1.82, 2.24) is 5.43 Å². The molecule has 0 heterocycles. The Morgan fingerprint density at radius 2 is 1.59 bits per heavy atom. The molecule has 4 aromatic carbocycles. The maximum atomic E-state index is 12.4. The molecule has 6 nitrogen and oxygen atoms in total. The molecule has 4 aromatic rings. The molecule has 29 heavy (non-hydrogen) atoms. The summed E-state index contributed by atoms with van der Waals surface area (Å²) in [5.74, 6) is -0.564. The first kappa shape index (κ1) is 18.6. The molecule has 1 N–H and O–H groups in total. The Labute approximate surface area is 170 Å². The molecule has 0 radical (unpaired) electrons. The molecule has 0 saturated heterocycles. The molecule has 0 bridgehead atoms. The number of hydrogen-bond acceptors (Lipinski definition) is 4. The van der Waals surface area contributed by atoms with E-state index < -0.39 is 10.8 Å². The predicted octanol–water partition coefficient (Wildman–Crippen LogP) is 5.32. The third-order valence-corrected chi connectivity index (χ3v) is 4.90. The highest BCUT2D eigenvalue weighted by Crippen LogP contribution is 2.27. The summed E-state index contributed by atoms with van der Waals surface area (Å²) in [6, 6.07) is 21.8. The van der Waals surface area contributed by atoms with Gasteiger partial charge in [0.2, 0.25) is 0 Å². The van der Waals surface area contributed by atoms with E-state index in [2.05, 4.69) is 16.6 Å². The van der Waals surface area contributed by atoms with Gasteiger partial charge in [-0.25, -0.2) is 5.43 Å². The molecular formula is C22H14ClN3O3. The summed E-state index contributed by atoms with van der Waals surface area (Å²) in [7, 11) is 0. The second kappa shape index (κ2) is 7.69. The Bertz CT molecular complexity index is 1250. The number of rotatable bonds is 4. The van der Waals surface area contributed by atoms with E-state index in [9.17, 15) is 14.9 Å². The van der Waals surface area contributed by atoms with Crippen LogP contribution in [-0.2, 0) is 0 Å².